The van der Waals surface area contributed by atoms with Crippen LogP contribution in [0.5, 0.6) is 0 Å². The molecule has 1 saturated heterocycles. The van der Waals surface area contributed by atoms with E-state index in [2.05, 4.69) is 18.8 Å². The minimum atomic E-state index is -2.92. The molecule has 2 rings (SSSR count). The monoisotopic (exact) mass is 274 g/mol. The third kappa shape index (κ3) is 2.20. The first-order valence-corrected chi connectivity index (χ1v) is 7.99. The third-order valence-electron chi connectivity index (χ3n) is 3.42. The fourth-order valence-electron chi connectivity index (χ4n) is 2.53. The molecule has 0 amide bonds. The maximum atomic E-state index is 11.7. The SMILES string of the molecule is CC(C)c1c[nH]c(=S)n1C1(C)CCS(=O)(=O)C1. The minimum absolute atomic E-state index is 0.186. The van der Waals surface area contributed by atoms with Crippen molar-refractivity contribution in [2.24, 2.45) is 0 Å². The Labute approximate surface area is 107 Å². The van der Waals surface area contributed by atoms with Crippen molar-refractivity contribution in [2.45, 2.75) is 38.6 Å². The molecule has 0 saturated carbocycles. The van der Waals surface area contributed by atoms with Crippen LogP contribution < -0.4 is 0 Å². The van der Waals surface area contributed by atoms with Crippen LogP contribution in [-0.2, 0) is 15.4 Å². The molecule has 4 nitrogen and oxygen atoms in total. The van der Waals surface area contributed by atoms with E-state index in [1.54, 1.807) is 0 Å². The Hall–Kier alpha value is -0.620. The summed E-state index contributed by atoms with van der Waals surface area (Å²) in [5, 5.41) is 0. The second kappa shape index (κ2) is 3.95. The summed E-state index contributed by atoms with van der Waals surface area (Å²) in [6.07, 6.45) is 2.53. The molecule has 1 aromatic heterocycles. The number of hydrogen-bond acceptors (Lipinski definition) is 3. The summed E-state index contributed by atoms with van der Waals surface area (Å²) in [7, 11) is -2.92. The molecular formula is C11H18N2O2S2. The van der Waals surface area contributed by atoms with Gasteiger partial charge >= 0.3 is 0 Å². The lowest BCUT2D eigenvalue weighted by molar-refractivity contribution is 0.347. The van der Waals surface area contributed by atoms with Gasteiger partial charge in [0.1, 0.15) is 0 Å². The van der Waals surface area contributed by atoms with Gasteiger partial charge in [-0.3, -0.25) is 0 Å². The van der Waals surface area contributed by atoms with Gasteiger partial charge in [-0.25, -0.2) is 8.42 Å². The Kier molecular flexibility index (Phi) is 2.98. The van der Waals surface area contributed by atoms with Crippen LogP contribution in [0.1, 0.15) is 38.8 Å². The van der Waals surface area contributed by atoms with Gasteiger partial charge < -0.3 is 9.55 Å². The fourth-order valence-corrected chi connectivity index (χ4v) is 5.03. The van der Waals surface area contributed by atoms with Crippen LogP contribution in [0.3, 0.4) is 0 Å². The molecule has 1 fully saturated rings. The number of aromatic nitrogens is 2. The standard InChI is InChI=1S/C11H18N2O2S2/c1-8(2)9-6-12-10(16)13(9)11(3)4-5-17(14,15)7-11/h6,8H,4-5,7H2,1-3H3,(H,12,16). The quantitative estimate of drug-likeness (QED) is 0.841. The molecule has 0 aromatic carbocycles. The van der Waals surface area contributed by atoms with Gasteiger partial charge in [0, 0.05) is 11.9 Å². The van der Waals surface area contributed by atoms with Crippen molar-refractivity contribution in [3.05, 3.63) is 16.7 Å². The Morgan fingerprint density at radius 3 is 2.65 bits per heavy atom. The Bertz CT molecular complexity index is 583. The van der Waals surface area contributed by atoms with Gasteiger partial charge in [-0.2, -0.15) is 0 Å². The van der Waals surface area contributed by atoms with Crippen molar-refractivity contribution in [2.75, 3.05) is 11.5 Å². The van der Waals surface area contributed by atoms with Crippen LogP contribution >= 0.6 is 12.2 Å². The molecule has 0 aliphatic carbocycles. The lowest BCUT2D eigenvalue weighted by Crippen LogP contribution is -2.33. The zero-order valence-corrected chi connectivity index (χ0v) is 12.0. The number of rotatable bonds is 2. The smallest absolute Gasteiger partial charge is 0.177 e. The summed E-state index contributed by atoms with van der Waals surface area (Å²) < 4.78 is 26.0. The number of sulfone groups is 1. The topological polar surface area (TPSA) is 54.9 Å². The van der Waals surface area contributed by atoms with Gasteiger partial charge in [0.15, 0.2) is 14.6 Å². The molecule has 1 aliphatic rings. The lowest BCUT2D eigenvalue weighted by atomic mass is 10.00. The van der Waals surface area contributed by atoms with E-state index in [0.29, 0.717) is 17.1 Å². The van der Waals surface area contributed by atoms with Gasteiger partial charge in [0.2, 0.25) is 0 Å². The third-order valence-corrected chi connectivity index (χ3v) is 5.61. The fraction of sp³-hybridized carbons (Fsp3) is 0.727. The Morgan fingerprint density at radius 2 is 2.18 bits per heavy atom. The number of imidazole rings is 1. The highest BCUT2D eigenvalue weighted by atomic mass is 32.2. The Morgan fingerprint density at radius 1 is 1.53 bits per heavy atom. The van der Waals surface area contributed by atoms with Crippen molar-refractivity contribution in [3.8, 4) is 0 Å². The molecule has 0 bridgehead atoms. The van der Waals surface area contributed by atoms with Crippen LogP contribution in [-0.4, -0.2) is 29.5 Å². The summed E-state index contributed by atoms with van der Waals surface area (Å²) in [6.45, 7) is 6.15. The number of nitrogens with zero attached hydrogens (tertiary/aromatic N) is 1. The molecule has 1 unspecified atom stereocenters. The zero-order valence-electron chi connectivity index (χ0n) is 10.4. The molecule has 0 radical (unpaired) electrons. The second-order valence-corrected chi connectivity index (χ2v) is 7.92. The van der Waals surface area contributed by atoms with Crippen molar-refractivity contribution in [1.82, 2.24) is 9.55 Å². The molecule has 0 spiro atoms. The summed E-state index contributed by atoms with van der Waals surface area (Å²) in [6, 6.07) is 0. The van der Waals surface area contributed by atoms with Crippen molar-refractivity contribution in [1.29, 1.82) is 0 Å². The van der Waals surface area contributed by atoms with E-state index in [0.717, 1.165) is 5.69 Å². The first-order valence-electron chi connectivity index (χ1n) is 5.76. The van der Waals surface area contributed by atoms with Crippen LogP contribution in [0.2, 0.25) is 0 Å². The predicted molar refractivity (Wildman–Crippen MR) is 70.6 cm³/mol. The van der Waals surface area contributed by atoms with Gasteiger partial charge in [-0.1, -0.05) is 13.8 Å². The molecule has 1 atom stereocenters. The molecular weight excluding hydrogens is 256 g/mol. The number of hydrogen-bond donors (Lipinski definition) is 1. The van der Waals surface area contributed by atoms with Gasteiger partial charge in [0.25, 0.3) is 0 Å². The zero-order chi connectivity index (χ0) is 12.8. The number of nitrogens with one attached hydrogen (secondary N) is 1. The van der Waals surface area contributed by atoms with E-state index in [-0.39, 0.29) is 11.5 Å². The molecule has 1 aromatic rings. The van der Waals surface area contributed by atoms with E-state index >= 15 is 0 Å². The highest BCUT2D eigenvalue weighted by Gasteiger charge is 2.41. The van der Waals surface area contributed by atoms with Crippen LogP contribution in [0.25, 0.3) is 0 Å². The maximum absolute atomic E-state index is 11.7. The summed E-state index contributed by atoms with van der Waals surface area (Å²) in [4.78, 5) is 3.03. The summed E-state index contributed by atoms with van der Waals surface area (Å²) in [5.74, 6) is 0.767. The lowest BCUT2D eigenvalue weighted by Gasteiger charge is -2.27. The van der Waals surface area contributed by atoms with Crippen LogP contribution in [0.15, 0.2) is 6.20 Å². The van der Waals surface area contributed by atoms with Crippen molar-refractivity contribution < 1.29 is 8.42 Å². The molecule has 2 heterocycles. The van der Waals surface area contributed by atoms with E-state index < -0.39 is 15.4 Å². The van der Waals surface area contributed by atoms with E-state index in [1.165, 1.54) is 0 Å². The number of H-pyrrole nitrogens is 1. The van der Waals surface area contributed by atoms with E-state index in [4.69, 9.17) is 12.2 Å². The summed E-state index contributed by atoms with van der Waals surface area (Å²) >= 11 is 5.29. The first-order chi connectivity index (χ1) is 7.75. The first kappa shape index (κ1) is 12.8. The van der Waals surface area contributed by atoms with Gasteiger partial charge in [0.05, 0.1) is 17.0 Å². The van der Waals surface area contributed by atoms with E-state index in [1.807, 2.05) is 17.7 Å². The van der Waals surface area contributed by atoms with Gasteiger partial charge in [-0.15, -0.1) is 0 Å². The summed E-state index contributed by atoms with van der Waals surface area (Å²) in [5.41, 5.74) is 0.685. The van der Waals surface area contributed by atoms with Gasteiger partial charge in [-0.05, 0) is 31.5 Å². The molecule has 1 aliphatic heterocycles. The van der Waals surface area contributed by atoms with Crippen LogP contribution in [0, 0.1) is 4.77 Å². The molecule has 6 heteroatoms. The molecule has 17 heavy (non-hydrogen) atoms. The Balaban J connectivity index is 2.55. The normalized spacial score (nSPS) is 27.8. The number of aromatic amines is 1. The van der Waals surface area contributed by atoms with E-state index in [9.17, 15) is 8.42 Å². The maximum Gasteiger partial charge on any atom is 0.177 e. The largest absolute Gasteiger partial charge is 0.337 e. The molecule has 96 valence electrons. The average Bonchev–Trinajstić information content (AvgIpc) is 2.68. The second-order valence-electron chi connectivity index (χ2n) is 5.35. The predicted octanol–water partition coefficient (Wildman–Crippen LogP) is 2.20. The molecule has 1 N–H and O–H groups in total. The highest BCUT2D eigenvalue weighted by Crippen LogP contribution is 2.33. The average molecular weight is 274 g/mol. The van der Waals surface area contributed by atoms with Crippen molar-refractivity contribution in [3.63, 3.8) is 0 Å². The van der Waals surface area contributed by atoms with Crippen molar-refractivity contribution >= 4 is 22.1 Å². The highest BCUT2D eigenvalue weighted by molar-refractivity contribution is 7.91. The van der Waals surface area contributed by atoms with Crippen LogP contribution in [0.4, 0.5) is 0 Å². The minimum Gasteiger partial charge on any atom is -0.337 e.